The molecule has 2 heterocycles. The largest absolute Gasteiger partial charge is 0.495 e. The Balaban J connectivity index is 1.56. The normalized spacial score (nSPS) is 17.4. The van der Waals surface area contributed by atoms with E-state index >= 15 is 0 Å². The molecule has 0 spiro atoms. The van der Waals surface area contributed by atoms with Crippen LogP contribution in [0, 0.1) is 0 Å². The van der Waals surface area contributed by atoms with Gasteiger partial charge in [0.15, 0.2) is 0 Å². The molecule has 34 heavy (non-hydrogen) atoms. The topological polar surface area (TPSA) is 109 Å². The summed E-state index contributed by atoms with van der Waals surface area (Å²) in [6.07, 6.45) is 2.55. The predicted molar refractivity (Wildman–Crippen MR) is 133 cm³/mol. The molecule has 1 unspecified atom stereocenters. The molecule has 0 bridgehead atoms. The van der Waals surface area contributed by atoms with Crippen LogP contribution in [0.4, 0.5) is 28.8 Å². The molecule has 11 heteroatoms. The molecule has 5 rings (SSSR count). The van der Waals surface area contributed by atoms with Crippen LogP contribution in [-0.4, -0.2) is 41.7 Å². The zero-order valence-electron chi connectivity index (χ0n) is 18.6. The minimum atomic E-state index is -1.06. The van der Waals surface area contributed by atoms with Crippen molar-refractivity contribution in [2.75, 3.05) is 35.1 Å². The van der Waals surface area contributed by atoms with Gasteiger partial charge in [0, 0.05) is 23.9 Å². The Kier molecular flexibility index (Phi) is 5.93. The smallest absolute Gasteiger partial charge is 0.229 e. The second-order valence-corrected chi connectivity index (χ2v) is 8.88. The summed E-state index contributed by atoms with van der Waals surface area (Å²) in [5.41, 5.74) is 8.58. The Labute approximate surface area is 207 Å². The number of rotatable bonds is 6. The molecule has 1 aliphatic carbocycles. The lowest BCUT2D eigenvalue weighted by molar-refractivity contribution is 0.152. The number of nitrogen functional groups attached to an aromatic ring is 1. The van der Waals surface area contributed by atoms with Gasteiger partial charge in [-0.05, 0) is 25.0 Å². The second kappa shape index (κ2) is 8.90. The van der Waals surface area contributed by atoms with Crippen LogP contribution >= 0.6 is 23.2 Å². The summed E-state index contributed by atoms with van der Waals surface area (Å²) in [7, 11) is 3.03. The van der Waals surface area contributed by atoms with Crippen molar-refractivity contribution in [3.63, 3.8) is 0 Å². The summed E-state index contributed by atoms with van der Waals surface area (Å²) in [5, 5.41) is 15.2. The summed E-state index contributed by atoms with van der Waals surface area (Å²) < 4.78 is 10.8. The van der Waals surface area contributed by atoms with Gasteiger partial charge in [-0.1, -0.05) is 35.3 Å². The van der Waals surface area contributed by atoms with Crippen molar-refractivity contribution in [3.8, 4) is 11.5 Å². The minimum absolute atomic E-state index is 0.131. The van der Waals surface area contributed by atoms with Crippen LogP contribution in [0.15, 0.2) is 36.5 Å². The van der Waals surface area contributed by atoms with Crippen LogP contribution in [0.2, 0.25) is 10.0 Å². The molecule has 3 aromatic rings. The third kappa shape index (κ3) is 3.89. The second-order valence-electron chi connectivity index (χ2n) is 8.13. The molecule has 178 valence electrons. The van der Waals surface area contributed by atoms with E-state index in [-0.39, 0.29) is 22.6 Å². The molecule has 1 atom stereocenters. The van der Waals surface area contributed by atoms with Crippen LogP contribution < -0.4 is 30.3 Å². The number of methoxy groups -OCH3 is 2. The number of nitrogens with two attached hydrogens (primary N) is 1. The van der Waals surface area contributed by atoms with E-state index in [1.165, 1.54) is 14.2 Å². The summed E-state index contributed by atoms with van der Waals surface area (Å²) in [5.74, 6) is 1.83. The molecular weight excluding hydrogens is 479 g/mol. The van der Waals surface area contributed by atoms with E-state index in [2.05, 4.69) is 10.3 Å². The number of hydrogen-bond donors (Lipinski definition) is 3. The Morgan fingerprint density at radius 1 is 1.12 bits per heavy atom. The van der Waals surface area contributed by atoms with Crippen molar-refractivity contribution in [2.24, 2.45) is 0 Å². The number of aliphatic hydroxyl groups excluding tert-OH is 1. The first-order valence-corrected chi connectivity index (χ1v) is 11.5. The molecule has 0 amide bonds. The van der Waals surface area contributed by atoms with Crippen LogP contribution in [-0.2, 0) is 6.54 Å². The van der Waals surface area contributed by atoms with Gasteiger partial charge in [0.05, 0.1) is 37.8 Å². The van der Waals surface area contributed by atoms with Gasteiger partial charge < -0.3 is 35.4 Å². The Morgan fingerprint density at radius 2 is 1.79 bits per heavy atom. The molecule has 2 aliphatic rings. The predicted octanol–water partition coefficient (Wildman–Crippen LogP) is 4.39. The molecule has 2 aromatic carbocycles. The number of aliphatic hydroxyl groups is 1. The van der Waals surface area contributed by atoms with E-state index in [1.54, 1.807) is 23.2 Å². The summed E-state index contributed by atoms with van der Waals surface area (Å²) in [6, 6.07) is 9.14. The molecule has 1 saturated carbocycles. The third-order valence-electron chi connectivity index (χ3n) is 5.94. The highest BCUT2D eigenvalue weighted by atomic mass is 35.5. The van der Waals surface area contributed by atoms with Gasteiger partial charge in [0.2, 0.25) is 12.3 Å². The maximum atomic E-state index is 11.5. The Bertz CT molecular complexity index is 1210. The number of para-hydroxylation sites is 2. The van der Waals surface area contributed by atoms with Crippen molar-refractivity contribution in [3.05, 3.63) is 52.1 Å². The van der Waals surface area contributed by atoms with Gasteiger partial charge in [-0.25, -0.2) is 4.98 Å². The molecule has 1 fully saturated rings. The zero-order chi connectivity index (χ0) is 24.0. The van der Waals surface area contributed by atoms with Crippen molar-refractivity contribution < 1.29 is 14.6 Å². The quantitative estimate of drug-likeness (QED) is 0.422. The van der Waals surface area contributed by atoms with Gasteiger partial charge in [-0.2, -0.15) is 4.98 Å². The lowest BCUT2D eigenvalue weighted by Gasteiger charge is -2.44. The van der Waals surface area contributed by atoms with E-state index < -0.39 is 6.35 Å². The number of hydrogen-bond acceptors (Lipinski definition) is 9. The maximum Gasteiger partial charge on any atom is 0.229 e. The lowest BCUT2D eigenvalue weighted by atomic mass is 10.1. The molecule has 0 radical (unpaired) electrons. The third-order valence-corrected chi connectivity index (χ3v) is 6.67. The van der Waals surface area contributed by atoms with Crippen molar-refractivity contribution in [1.29, 1.82) is 0 Å². The van der Waals surface area contributed by atoms with Gasteiger partial charge >= 0.3 is 0 Å². The van der Waals surface area contributed by atoms with E-state index in [9.17, 15) is 5.11 Å². The van der Waals surface area contributed by atoms with Crippen LogP contribution in [0.3, 0.4) is 0 Å². The first-order chi connectivity index (χ1) is 16.4. The fourth-order valence-electron chi connectivity index (χ4n) is 4.08. The number of fused-ring (bicyclic) bond motifs is 1. The van der Waals surface area contributed by atoms with Gasteiger partial charge in [-0.15, -0.1) is 0 Å². The molecule has 4 N–H and O–H groups in total. The Hall–Kier alpha value is -3.14. The first kappa shape index (κ1) is 22.6. The SMILES string of the molecule is COc1cc(OC)c(Cl)c(N2Cc3cnc(Nc4ccccc4N)nc3N(C3CC3)C2O)c1Cl. The number of halogens is 2. The van der Waals surface area contributed by atoms with Crippen molar-refractivity contribution in [2.45, 2.75) is 31.8 Å². The van der Waals surface area contributed by atoms with Crippen LogP contribution in [0.25, 0.3) is 0 Å². The van der Waals surface area contributed by atoms with Crippen LogP contribution in [0.1, 0.15) is 18.4 Å². The lowest BCUT2D eigenvalue weighted by Crippen LogP contribution is -2.54. The van der Waals surface area contributed by atoms with Gasteiger partial charge in [0.25, 0.3) is 0 Å². The van der Waals surface area contributed by atoms with E-state index in [0.717, 1.165) is 18.4 Å². The van der Waals surface area contributed by atoms with Crippen LogP contribution in [0.5, 0.6) is 11.5 Å². The van der Waals surface area contributed by atoms with E-state index in [0.29, 0.717) is 40.3 Å². The molecule has 9 nitrogen and oxygen atoms in total. The zero-order valence-corrected chi connectivity index (χ0v) is 20.1. The molecule has 1 aliphatic heterocycles. The highest BCUT2D eigenvalue weighted by Crippen LogP contribution is 2.49. The van der Waals surface area contributed by atoms with Gasteiger partial charge in [0.1, 0.15) is 27.4 Å². The van der Waals surface area contributed by atoms with Gasteiger partial charge in [-0.3, -0.25) is 0 Å². The van der Waals surface area contributed by atoms with Crippen molar-refractivity contribution >= 4 is 52.0 Å². The average Bonchev–Trinajstić information content (AvgIpc) is 3.66. The standard InChI is InChI=1S/C23H24Cl2N6O3/c1-33-16-9-17(34-2)19(25)20(18(16)24)30-11-12-10-27-22(28-15-6-4-3-5-14(15)26)29-21(12)31(23(30)32)13-7-8-13/h3-6,9-10,13,23,32H,7-8,11,26H2,1-2H3,(H,27,28,29). The minimum Gasteiger partial charge on any atom is -0.495 e. The molecular formula is C23H24Cl2N6O3. The fourth-order valence-corrected chi connectivity index (χ4v) is 4.80. The number of nitrogens with one attached hydrogen (secondary N) is 1. The summed E-state index contributed by atoms with van der Waals surface area (Å²) in [6.45, 7) is 0.281. The van der Waals surface area contributed by atoms with E-state index in [4.69, 9.17) is 43.4 Å². The molecule has 0 saturated heterocycles. The highest BCUT2D eigenvalue weighted by Gasteiger charge is 2.43. The number of aromatic nitrogens is 2. The highest BCUT2D eigenvalue weighted by molar-refractivity contribution is 6.41. The van der Waals surface area contributed by atoms with Crippen molar-refractivity contribution in [1.82, 2.24) is 9.97 Å². The number of nitrogens with zero attached hydrogens (tertiary/aromatic N) is 4. The first-order valence-electron chi connectivity index (χ1n) is 10.7. The number of benzene rings is 2. The summed E-state index contributed by atoms with van der Waals surface area (Å²) >= 11 is 13.3. The fraction of sp³-hybridized carbons (Fsp3) is 0.304. The maximum absolute atomic E-state index is 11.5. The Morgan fingerprint density at radius 3 is 2.41 bits per heavy atom. The molecule has 1 aromatic heterocycles. The van der Waals surface area contributed by atoms with E-state index in [1.807, 2.05) is 23.1 Å². The average molecular weight is 503 g/mol. The number of anilines is 5. The monoisotopic (exact) mass is 502 g/mol. The summed E-state index contributed by atoms with van der Waals surface area (Å²) in [4.78, 5) is 12.8. The number of ether oxygens (including phenoxy) is 2.